The van der Waals surface area contributed by atoms with Crippen molar-refractivity contribution < 1.29 is 9.21 Å². The van der Waals surface area contributed by atoms with Gasteiger partial charge in [-0.3, -0.25) is 4.79 Å². The molecule has 112 valence electrons. The number of carbonyl (C=O) groups excluding carboxylic acids is 1. The fraction of sp³-hybridized carbons (Fsp3) is 0.167. The third kappa shape index (κ3) is 2.43. The number of fused-ring (bicyclic) bond motifs is 1. The summed E-state index contributed by atoms with van der Waals surface area (Å²) in [6, 6.07) is 10.9. The molecule has 0 spiro atoms. The number of hydrogen-bond acceptors (Lipinski definition) is 2. The van der Waals surface area contributed by atoms with Crippen molar-refractivity contribution in [2.24, 2.45) is 0 Å². The molecule has 0 bridgehead atoms. The van der Waals surface area contributed by atoms with Crippen molar-refractivity contribution in [1.29, 1.82) is 0 Å². The number of benzene rings is 2. The van der Waals surface area contributed by atoms with Gasteiger partial charge in [-0.05, 0) is 30.7 Å². The first kappa shape index (κ1) is 15.1. The predicted molar refractivity (Wildman–Crippen MR) is 90.2 cm³/mol. The summed E-state index contributed by atoms with van der Waals surface area (Å²) < 4.78 is 5.79. The second kappa shape index (κ2) is 5.79. The second-order valence-electron chi connectivity index (χ2n) is 5.14. The van der Waals surface area contributed by atoms with Crippen LogP contribution in [0.15, 0.2) is 40.8 Å². The molecular weight excluding hydrogens is 319 g/mol. The SMILES string of the molecule is CCc1oc2ccccc2c1C(=O)c1cc(Cl)c(C)c(Cl)c1. The quantitative estimate of drug-likeness (QED) is 0.564. The molecule has 0 aliphatic carbocycles. The molecule has 0 unspecified atom stereocenters. The zero-order valence-corrected chi connectivity index (χ0v) is 13.8. The zero-order chi connectivity index (χ0) is 15.9. The third-order valence-corrected chi connectivity index (χ3v) is 4.54. The number of halogens is 2. The molecule has 4 heteroatoms. The highest BCUT2D eigenvalue weighted by atomic mass is 35.5. The summed E-state index contributed by atoms with van der Waals surface area (Å²) in [5.74, 6) is 0.560. The van der Waals surface area contributed by atoms with Crippen LogP contribution in [-0.2, 0) is 6.42 Å². The highest BCUT2D eigenvalue weighted by Gasteiger charge is 2.22. The van der Waals surface area contributed by atoms with E-state index in [0.717, 1.165) is 10.9 Å². The Morgan fingerprint density at radius 2 is 1.77 bits per heavy atom. The Morgan fingerprint density at radius 3 is 2.41 bits per heavy atom. The lowest BCUT2D eigenvalue weighted by Crippen LogP contribution is -2.04. The molecule has 0 fully saturated rings. The Bertz CT molecular complexity index is 855. The van der Waals surface area contributed by atoms with Gasteiger partial charge in [-0.2, -0.15) is 0 Å². The summed E-state index contributed by atoms with van der Waals surface area (Å²) in [5, 5.41) is 1.79. The lowest BCUT2D eigenvalue weighted by atomic mass is 9.98. The van der Waals surface area contributed by atoms with Gasteiger partial charge in [0, 0.05) is 27.4 Å². The molecule has 0 atom stereocenters. The van der Waals surface area contributed by atoms with Gasteiger partial charge in [0.25, 0.3) is 0 Å². The van der Waals surface area contributed by atoms with E-state index in [0.29, 0.717) is 38.9 Å². The zero-order valence-electron chi connectivity index (χ0n) is 12.2. The molecule has 0 radical (unpaired) electrons. The molecule has 0 saturated carbocycles. The van der Waals surface area contributed by atoms with Gasteiger partial charge in [0.2, 0.25) is 0 Å². The molecule has 0 aliphatic rings. The van der Waals surface area contributed by atoms with Crippen molar-refractivity contribution >= 4 is 40.0 Å². The maximum atomic E-state index is 12.9. The predicted octanol–water partition coefficient (Wildman–Crippen LogP) is 5.84. The molecule has 3 aromatic rings. The number of hydrogen-bond donors (Lipinski definition) is 0. The van der Waals surface area contributed by atoms with Gasteiger partial charge in [0.1, 0.15) is 11.3 Å². The average molecular weight is 333 g/mol. The number of para-hydroxylation sites is 1. The van der Waals surface area contributed by atoms with Crippen molar-refractivity contribution in [2.45, 2.75) is 20.3 Å². The number of furan rings is 1. The topological polar surface area (TPSA) is 30.2 Å². The number of carbonyl (C=O) groups is 1. The summed E-state index contributed by atoms with van der Waals surface area (Å²) in [5.41, 5.74) is 2.55. The second-order valence-corrected chi connectivity index (χ2v) is 5.96. The van der Waals surface area contributed by atoms with E-state index in [1.165, 1.54) is 0 Å². The summed E-state index contributed by atoms with van der Waals surface area (Å²) in [6.07, 6.45) is 0.642. The van der Waals surface area contributed by atoms with E-state index in [1.54, 1.807) is 12.1 Å². The smallest absolute Gasteiger partial charge is 0.197 e. The van der Waals surface area contributed by atoms with E-state index in [1.807, 2.05) is 38.1 Å². The van der Waals surface area contributed by atoms with E-state index in [-0.39, 0.29) is 5.78 Å². The average Bonchev–Trinajstić information content (AvgIpc) is 2.89. The van der Waals surface area contributed by atoms with Gasteiger partial charge < -0.3 is 4.42 Å². The molecule has 2 aromatic carbocycles. The van der Waals surface area contributed by atoms with Crippen LogP contribution < -0.4 is 0 Å². The Balaban J connectivity index is 2.21. The summed E-state index contributed by atoms with van der Waals surface area (Å²) in [4.78, 5) is 12.9. The molecule has 2 nitrogen and oxygen atoms in total. The summed E-state index contributed by atoms with van der Waals surface area (Å²) in [6.45, 7) is 3.78. The minimum Gasteiger partial charge on any atom is -0.460 e. The Morgan fingerprint density at radius 1 is 1.14 bits per heavy atom. The lowest BCUT2D eigenvalue weighted by molar-refractivity contribution is 0.103. The van der Waals surface area contributed by atoms with Crippen molar-refractivity contribution in [1.82, 2.24) is 0 Å². The summed E-state index contributed by atoms with van der Waals surface area (Å²) >= 11 is 12.3. The minimum absolute atomic E-state index is 0.120. The van der Waals surface area contributed by atoms with Crippen molar-refractivity contribution in [3.05, 3.63) is 68.9 Å². The summed E-state index contributed by atoms with van der Waals surface area (Å²) in [7, 11) is 0. The highest BCUT2D eigenvalue weighted by Crippen LogP contribution is 2.31. The first-order valence-corrected chi connectivity index (χ1v) is 7.79. The van der Waals surface area contributed by atoms with E-state index in [2.05, 4.69) is 0 Å². The first-order chi connectivity index (χ1) is 10.5. The van der Waals surface area contributed by atoms with Crippen LogP contribution in [0.3, 0.4) is 0 Å². The number of ketones is 1. The van der Waals surface area contributed by atoms with Gasteiger partial charge in [-0.15, -0.1) is 0 Å². The number of rotatable bonds is 3. The molecule has 0 saturated heterocycles. The van der Waals surface area contributed by atoms with Crippen LogP contribution in [0, 0.1) is 6.92 Å². The Labute approximate surface area is 138 Å². The molecule has 1 heterocycles. The van der Waals surface area contributed by atoms with Gasteiger partial charge in [0.05, 0.1) is 5.56 Å². The fourth-order valence-electron chi connectivity index (χ4n) is 2.51. The monoisotopic (exact) mass is 332 g/mol. The number of aryl methyl sites for hydroxylation is 1. The standard InChI is InChI=1S/C18H14Cl2O2/c1-3-15-17(12-6-4-5-7-16(12)22-15)18(21)11-8-13(19)10(2)14(20)9-11/h4-9H,3H2,1-2H3. The van der Waals surface area contributed by atoms with Crippen LogP contribution in [0.25, 0.3) is 11.0 Å². The van der Waals surface area contributed by atoms with Crippen LogP contribution in [-0.4, -0.2) is 5.78 Å². The molecule has 22 heavy (non-hydrogen) atoms. The largest absolute Gasteiger partial charge is 0.460 e. The van der Waals surface area contributed by atoms with Gasteiger partial charge in [0.15, 0.2) is 5.78 Å². The van der Waals surface area contributed by atoms with Crippen LogP contribution >= 0.6 is 23.2 Å². The maximum Gasteiger partial charge on any atom is 0.197 e. The van der Waals surface area contributed by atoms with Crippen molar-refractivity contribution in [2.75, 3.05) is 0 Å². The Hall–Kier alpha value is -1.77. The minimum atomic E-state index is -0.120. The molecule has 3 rings (SSSR count). The van der Waals surface area contributed by atoms with Crippen LogP contribution in [0.1, 0.15) is 34.2 Å². The van der Waals surface area contributed by atoms with Gasteiger partial charge >= 0.3 is 0 Å². The van der Waals surface area contributed by atoms with Crippen molar-refractivity contribution in [3.8, 4) is 0 Å². The molecule has 0 N–H and O–H groups in total. The van der Waals surface area contributed by atoms with Crippen molar-refractivity contribution in [3.63, 3.8) is 0 Å². The van der Waals surface area contributed by atoms with Crippen LogP contribution in [0.4, 0.5) is 0 Å². The van der Waals surface area contributed by atoms with Crippen LogP contribution in [0.5, 0.6) is 0 Å². The third-order valence-electron chi connectivity index (χ3n) is 3.76. The van der Waals surface area contributed by atoms with E-state index in [9.17, 15) is 4.79 Å². The normalized spacial score (nSPS) is 11.1. The fourth-order valence-corrected chi connectivity index (χ4v) is 3.00. The lowest BCUT2D eigenvalue weighted by Gasteiger charge is -2.06. The molecule has 0 amide bonds. The Kier molecular flexibility index (Phi) is 3.98. The van der Waals surface area contributed by atoms with Crippen LogP contribution in [0.2, 0.25) is 10.0 Å². The molecular formula is C18H14Cl2O2. The van der Waals surface area contributed by atoms with Gasteiger partial charge in [-0.1, -0.05) is 48.3 Å². The first-order valence-electron chi connectivity index (χ1n) is 7.03. The van der Waals surface area contributed by atoms with E-state index < -0.39 is 0 Å². The molecule has 1 aromatic heterocycles. The molecule has 0 aliphatic heterocycles. The van der Waals surface area contributed by atoms with Gasteiger partial charge in [-0.25, -0.2) is 0 Å². The highest BCUT2D eigenvalue weighted by molar-refractivity contribution is 6.37. The van der Waals surface area contributed by atoms with E-state index >= 15 is 0 Å². The maximum absolute atomic E-state index is 12.9. The van der Waals surface area contributed by atoms with E-state index in [4.69, 9.17) is 27.6 Å².